The van der Waals surface area contributed by atoms with Crippen LogP contribution in [0, 0.1) is 0 Å². The zero-order valence-electron chi connectivity index (χ0n) is 17.2. The molecule has 0 amide bonds. The first-order chi connectivity index (χ1) is 13.3. The lowest BCUT2D eigenvalue weighted by Gasteiger charge is -2.05. The summed E-state index contributed by atoms with van der Waals surface area (Å²) in [4.78, 5) is 16.9. The van der Waals surface area contributed by atoms with Crippen molar-refractivity contribution in [2.75, 3.05) is 0 Å². The van der Waals surface area contributed by atoms with E-state index in [4.69, 9.17) is 0 Å². The Morgan fingerprint density at radius 2 is 1.30 bits per heavy atom. The highest BCUT2D eigenvalue weighted by Gasteiger charge is 2.10. The number of hydrogen-bond donors (Lipinski definition) is 0. The summed E-state index contributed by atoms with van der Waals surface area (Å²) in [6, 6.07) is 9.83. The molecule has 1 heterocycles. The van der Waals surface area contributed by atoms with Gasteiger partial charge in [0, 0.05) is 23.6 Å². The zero-order valence-corrected chi connectivity index (χ0v) is 17.2. The molecule has 0 saturated heterocycles. The topological polar surface area (TPSA) is 30.0 Å². The van der Waals surface area contributed by atoms with Crippen LogP contribution in [0.4, 0.5) is 0 Å². The predicted octanol–water partition coefficient (Wildman–Crippen LogP) is 7.90. The first-order valence-electron chi connectivity index (χ1n) is 11.2. The van der Waals surface area contributed by atoms with E-state index in [2.05, 4.69) is 11.9 Å². The lowest BCUT2D eigenvalue weighted by atomic mass is 10.0. The van der Waals surface area contributed by atoms with Gasteiger partial charge in [-0.25, -0.2) is 0 Å². The third-order valence-electron chi connectivity index (χ3n) is 5.44. The molecular formula is C25H37NO. The van der Waals surface area contributed by atoms with E-state index in [0.29, 0.717) is 6.42 Å². The van der Waals surface area contributed by atoms with Crippen molar-refractivity contribution in [3.8, 4) is 0 Å². The van der Waals surface area contributed by atoms with Crippen molar-refractivity contribution in [3.05, 3.63) is 42.1 Å². The number of para-hydroxylation sites is 1. The highest BCUT2D eigenvalue weighted by molar-refractivity contribution is 6.06. The minimum Gasteiger partial charge on any atom is -0.294 e. The molecule has 0 bridgehead atoms. The second-order valence-electron chi connectivity index (χ2n) is 7.80. The lowest BCUT2D eigenvalue weighted by Crippen LogP contribution is -2.01. The van der Waals surface area contributed by atoms with Crippen LogP contribution in [0.2, 0.25) is 0 Å². The number of hydrogen-bond acceptors (Lipinski definition) is 2. The molecule has 0 aliphatic carbocycles. The van der Waals surface area contributed by atoms with E-state index in [1.807, 2.05) is 30.3 Å². The molecule has 0 atom stereocenters. The normalized spacial score (nSPS) is 11.1. The zero-order chi connectivity index (χ0) is 19.2. The SMILES string of the molecule is CCCCCCCCCCCCCCCC(=O)c1cccc2cccnc12. The average Bonchev–Trinajstić information content (AvgIpc) is 2.71. The largest absolute Gasteiger partial charge is 0.294 e. The molecule has 2 nitrogen and oxygen atoms in total. The van der Waals surface area contributed by atoms with Crippen LogP contribution in [-0.2, 0) is 0 Å². The van der Waals surface area contributed by atoms with Gasteiger partial charge in [-0.1, -0.05) is 102 Å². The Morgan fingerprint density at radius 1 is 0.741 bits per heavy atom. The number of unbranched alkanes of at least 4 members (excludes halogenated alkanes) is 12. The Kier molecular flexibility index (Phi) is 10.8. The van der Waals surface area contributed by atoms with Gasteiger partial charge in [0.25, 0.3) is 0 Å². The van der Waals surface area contributed by atoms with Crippen molar-refractivity contribution in [1.29, 1.82) is 0 Å². The van der Waals surface area contributed by atoms with Crippen molar-refractivity contribution < 1.29 is 4.79 Å². The summed E-state index contributed by atoms with van der Waals surface area (Å²) in [6.45, 7) is 2.27. The summed E-state index contributed by atoms with van der Waals surface area (Å²) >= 11 is 0. The minimum atomic E-state index is 0.238. The Hall–Kier alpha value is -1.70. The third-order valence-corrected chi connectivity index (χ3v) is 5.44. The smallest absolute Gasteiger partial charge is 0.165 e. The number of nitrogens with zero attached hydrogens (tertiary/aromatic N) is 1. The fourth-order valence-electron chi connectivity index (χ4n) is 3.77. The van der Waals surface area contributed by atoms with E-state index in [0.717, 1.165) is 22.9 Å². The Morgan fingerprint density at radius 3 is 1.93 bits per heavy atom. The summed E-state index contributed by atoms with van der Waals surface area (Å²) in [5, 5.41) is 1.05. The van der Waals surface area contributed by atoms with Gasteiger partial charge in [-0.05, 0) is 18.6 Å². The van der Waals surface area contributed by atoms with Crippen LogP contribution in [0.15, 0.2) is 36.5 Å². The molecule has 0 saturated carbocycles. The predicted molar refractivity (Wildman–Crippen MR) is 116 cm³/mol. The highest BCUT2D eigenvalue weighted by atomic mass is 16.1. The molecular weight excluding hydrogens is 330 g/mol. The van der Waals surface area contributed by atoms with E-state index in [-0.39, 0.29) is 5.78 Å². The third kappa shape index (κ3) is 8.24. The molecule has 0 unspecified atom stereocenters. The van der Waals surface area contributed by atoms with Gasteiger partial charge in [0.2, 0.25) is 0 Å². The number of aromatic nitrogens is 1. The van der Waals surface area contributed by atoms with Crippen LogP contribution in [-0.4, -0.2) is 10.8 Å². The number of Topliss-reactive ketones (excluding diaryl/α,β-unsaturated/α-hetero) is 1. The molecule has 1 aromatic heterocycles. The van der Waals surface area contributed by atoms with Crippen molar-refractivity contribution in [2.24, 2.45) is 0 Å². The standard InChI is InChI=1S/C25H37NO/c1-2-3-4-5-6-7-8-9-10-11-12-13-14-20-24(27)23-19-15-17-22-18-16-21-26-25(22)23/h15-19,21H,2-14,20H2,1H3. The number of pyridine rings is 1. The fourth-order valence-corrected chi connectivity index (χ4v) is 3.77. The van der Waals surface area contributed by atoms with Crippen molar-refractivity contribution in [2.45, 2.75) is 96.8 Å². The molecule has 27 heavy (non-hydrogen) atoms. The molecule has 148 valence electrons. The van der Waals surface area contributed by atoms with Crippen LogP contribution in [0.5, 0.6) is 0 Å². The number of carbonyl (C=O) groups is 1. The fraction of sp³-hybridized carbons (Fsp3) is 0.600. The second kappa shape index (κ2) is 13.5. The maximum atomic E-state index is 12.5. The van der Waals surface area contributed by atoms with Crippen LogP contribution < -0.4 is 0 Å². The van der Waals surface area contributed by atoms with E-state index in [1.54, 1.807) is 6.20 Å². The maximum absolute atomic E-state index is 12.5. The number of rotatable bonds is 15. The van der Waals surface area contributed by atoms with Gasteiger partial charge in [-0.15, -0.1) is 0 Å². The molecule has 0 aliphatic rings. The van der Waals surface area contributed by atoms with Gasteiger partial charge in [0.15, 0.2) is 5.78 Å². The average molecular weight is 368 g/mol. The summed E-state index contributed by atoms with van der Waals surface area (Å²) in [6.07, 6.45) is 19.7. The Labute approximate surface area is 165 Å². The minimum absolute atomic E-state index is 0.238. The van der Waals surface area contributed by atoms with Crippen molar-refractivity contribution in [1.82, 2.24) is 4.98 Å². The van der Waals surface area contributed by atoms with Gasteiger partial charge in [-0.3, -0.25) is 9.78 Å². The molecule has 2 aromatic rings. The first kappa shape index (κ1) is 21.6. The number of benzene rings is 1. The lowest BCUT2D eigenvalue weighted by molar-refractivity contribution is 0.0980. The molecule has 2 rings (SSSR count). The molecule has 0 spiro atoms. The molecule has 0 aliphatic heterocycles. The number of carbonyl (C=O) groups excluding carboxylic acids is 1. The molecule has 2 heteroatoms. The summed E-state index contributed by atoms with van der Waals surface area (Å²) in [7, 11) is 0. The molecule has 0 fully saturated rings. The summed E-state index contributed by atoms with van der Waals surface area (Å²) < 4.78 is 0. The van der Waals surface area contributed by atoms with E-state index < -0.39 is 0 Å². The monoisotopic (exact) mass is 367 g/mol. The van der Waals surface area contributed by atoms with Crippen LogP contribution >= 0.6 is 0 Å². The van der Waals surface area contributed by atoms with Gasteiger partial charge >= 0.3 is 0 Å². The van der Waals surface area contributed by atoms with Crippen molar-refractivity contribution >= 4 is 16.7 Å². The van der Waals surface area contributed by atoms with Crippen molar-refractivity contribution in [3.63, 3.8) is 0 Å². The second-order valence-corrected chi connectivity index (χ2v) is 7.80. The quantitative estimate of drug-likeness (QED) is 0.236. The van der Waals surface area contributed by atoms with Gasteiger partial charge in [-0.2, -0.15) is 0 Å². The number of ketones is 1. The highest BCUT2D eigenvalue weighted by Crippen LogP contribution is 2.19. The van der Waals surface area contributed by atoms with Crippen LogP contribution in [0.25, 0.3) is 10.9 Å². The maximum Gasteiger partial charge on any atom is 0.165 e. The van der Waals surface area contributed by atoms with Crippen LogP contribution in [0.3, 0.4) is 0 Å². The Bertz CT molecular complexity index is 659. The van der Waals surface area contributed by atoms with E-state index in [9.17, 15) is 4.79 Å². The first-order valence-corrected chi connectivity index (χ1v) is 11.2. The summed E-state index contributed by atoms with van der Waals surface area (Å²) in [5.74, 6) is 0.238. The Balaban J connectivity index is 1.50. The summed E-state index contributed by atoms with van der Waals surface area (Å²) in [5.41, 5.74) is 1.63. The van der Waals surface area contributed by atoms with Gasteiger partial charge in [0.1, 0.15) is 0 Å². The molecule has 1 aromatic carbocycles. The molecule has 0 radical (unpaired) electrons. The van der Waals surface area contributed by atoms with Crippen LogP contribution in [0.1, 0.15) is 107 Å². The van der Waals surface area contributed by atoms with Gasteiger partial charge < -0.3 is 0 Å². The van der Waals surface area contributed by atoms with E-state index in [1.165, 1.54) is 77.0 Å². The van der Waals surface area contributed by atoms with Gasteiger partial charge in [0.05, 0.1) is 5.52 Å². The van der Waals surface area contributed by atoms with E-state index >= 15 is 0 Å². The molecule has 0 N–H and O–H groups in total. The number of fused-ring (bicyclic) bond motifs is 1.